The van der Waals surface area contributed by atoms with E-state index in [4.69, 9.17) is 0 Å². The monoisotopic (exact) mass is 462 g/mol. The van der Waals surface area contributed by atoms with Gasteiger partial charge in [-0.2, -0.15) is 0 Å². The zero-order chi connectivity index (χ0) is 20.8. The molecule has 2 nitrogen and oxygen atoms in total. The average Bonchev–Trinajstić information content (AvgIpc) is 2.18. The fraction of sp³-hybridized carbons (Fsp3) is 1.00. The second-order valence-electron chi connectivity index (χ2n) is 12.4. The molecule has 0 amide bonds. The Kier molecular flexibility index (Phi) is 7.84. The number of nitrogens with zero attached hydrogens (tertiary/aromatic N) is 2. The summed E-state index contributed by atoms with van der Waals surface area (Å²) < 4.78 is 7.43. The van der Waals surface area contributed by atoms with Crippen LogP contribution in [-0.2, 0) is 0 Å². The molecule has 0 fully saturated rings. The minimum absolute atomic E-state index is 0.150. The molecule has 0 aromatic rings. The molecular formula is C22H50N2Sn. The molecule has 0 aliphatic carbocycles. The predicted molar refractivity (Wildman–Crippen MR) is 119 cm³/mol. The zero-order valence-corrected chi connectivity index (χ0v) is 23.4. The Morgan fingerprint density at radius 2 is 0.600 bits per heavy atom. The summed E-state index contributed by atoms with van der Waals surface area (Å²) in [7, 11) is 0. The molecule has 0 heterocycles. The molecule has 0 aliphatic rings. The quantitative estimate of drug-likeness (QED) is 0.414. The molecule has 152 valence electrons. The molecule has 0 bridgehead atoms. The molecule has 0 atom stereocenters. The molecule has 0 unspecified atom stereocenters. The fourth-order valence-electron chi connectivity index (χ4n) is 5.96. The van der Waals surface area contributed by atoms with Crippen LogP contribution in [0.15, 0.2) is 0 Å². The van der Waals surface area contributed by atoms with E-state index in [1.807, 2.05) is 0 Å². The Balaban J connectivity index is 7.19. The second-order valence-corrected chi connectivity index (χ2v) is 26.1. The van der Waals surface area contributed by atoms with Crippen molar-refractivity contribution in [2.45, 2.75) is 141 Å². The van der Waals surface area contributed by atoms with Crippen LogP contribution in [0.5, 0.6) is 0 Å². The SMILES string of the molecule is C[CH](C)[Sn]([CH](C)C)([N](C(C)(C)C)C(C)(C)C)[N](C(C)(C)C)C(C)(C)C. The van der Waals surface area contributed by atoms with Gasteiger partial charge in [0.2, 0.25) is 0 Å². The van der Waals surface area contributed by atoms with Gasteiger partial charge in [-0.05, 0) is 0 Å². The van der Waals surface area contributed by atoms with E-state index >= 15 is 0 Å². The van der Waals surface area contributed by atoms with Gasteiger partial charge in [0.05, 0.1) is 0 Å². The van der Waals surface area contributed by atoms with Crippen molar-refractivity contribution in [1.29, 1.82) is 0 Å². The van der Waals surface area contributed by atoms with Crippen LogP contribution in [0, 0.1) is 0 Å². The summed E-state index contributed by atoms with van der Waals surface area (Å²) in [6.07, 6.45) is 0. The van der Waals surface area contributed by atoms with Gasteiger partial charge in [-0.1, -0.05) is 0 Å². The molecule has 0 aromatic heterocycles. The van der Waals surface area contributed by atoms with Crippen molar-refractivity contribution in [3.63, 3.8) is 0 Å². The Bertz CT molecular complexity index is 355. The summed E-state index contributed by atoms with van der Waals surface area (Å²) >= 11 is -3.12. The van der Waals surface area contributed by atoms with Crippen LogP contribution in [0.2, 0.25) is 7.87 Å². The third-order valence-corrected chi connectivity index (χ3v) is 26.5. The summed E-state index contributed by atoms with van der Waals surface area (Å²) in [5, 5.41) is 0. The zero-order valence-electron chi connectivity index (χ0n) is 20.5. The van der Waals surface area contributed by atoms with Gasteiger partial charge < -0.3 is 0 Å². The van der Waals surface area contributed by atoms with Crippen LogP contribution < -0.4 is 0 Å². The molecule has 0 N–H and O–H groups in total. The second kappa shape index (κ2) is 7.62. The molecule has 0 spiro atoms. The van der Waals surface area contributed by atoms with Crippen LogP contribution in [0.1, 0.15) is 111 Å². The van der Waals surface area contributed by atoms with E-state index in [1.165, 1.54) is 0 Å². The van der Waals surface area contributed by atoms with Crippen molar-refractivity contribution < 1.29 is 0 Å². The Labute approximate surface area is 165 Å². The van der Waals surface area contributed by atoms with E-state index < -0.39 is 18.9 Å². The van der Waals surface area contributed by atoms with Gasteiger partial charge in [0.15, 0.2) is 0 Å². The van der Waals surface area contributed by atoms with Gasteiger partial charge in [-0.15, -0.1) is 0 Å². The normalized spacial score (nSPS) is 15.8. The van der Waals surface area contributed by atoms with Crippen LogP contribution in [-0.4, -0.2) is 47.3 Å². The van der Waals surface area contributed by atoms with Gasteiger partial charge in [0.25, 0.3) is 0 Å². The van der Waals surface area contributed by atoms with Gasteiger partial charge in [-0.3, -0.25) is 0 Å². The maximum atomic E-state index is 3.01. The molecule has 0 radical (unpaired) electrons. The third kappa shape index (κ3) is 5.38. The van der Waals surface area contributed by atoms with Crippen LogP contribution in [0.3, 0.4) is 0 Å². The first kappa shape index (κ1) is 25.7. The van der Waals surface area contributed by atoms with Crippen molar-refractivity contribution in [1.82, 2.24) is 6.24 Å². The molecule has 0 rings (SSSR count). The van der Waals surface area contributed by atoms with Gasteiger partial charge >= 0.3 is 166 Å². The first-order chi connectivity index (χ1) is 10.6. The van der Waals surface area contributed by atoms with Crippen molar-refractivity contribution in [3.05, 3.63) is 0 Å². The molecule has 0 aliphatic heterocycles. The van der Waals surface area contributed by atoms with E-state index in [9.17, 15) is 0 Å². The Morgan fingerprint density at radius 1 is 0.440 bits per heavy atom. The van der Waals surface area contributed by atoms with Crippen LogP contribution in [0.25, 0.3) is 0 Å². The summed E-state index contributed by atoms with van der Waals surface area (Å²) in [5.74, 6) is 0. The fourth-order valence-corrected chi connectivity index (χ4v) is 28.5. The van der Waals surface area contributed by atoms with Crippen molar-refractivity contribution in [3.8, 4) is 0 Å². The van der Waals surface area contributed by atoms with E-state index in [-0.39, 0.29) is 22.2 Å². The molecular weight excluding hydrogens is 411 g/mol. The number of hydrogen-bond acceptors (Lipinski definition) is 2. The van der Waals surface area contributed by atoms with Gasteiger partial charge in [-0.25, -0.2) is 0 Å². The molecule has 0 saturated heterocycles. The predicted octanol–water partition coefficient (Wildman–Crippen LogP) is 7.05. The molecule has 0 saturated carbocycles. The Morgan fingerprint density at radius 3 is 0.680 bits per heavy atom. The third-order valence-electron chi connectivity index (χ3n) is 5.10. The summed E-state index contributed by atoms with van der Waals surface area (Å²) in [4.78, 5) is 0. The van der Waals surface area contributed by atoms with Gasteiger partial charge in [0.1, 0.15) is 0 Å². The van der Waals surface area contributed by atoms with Crippen molar-refractivity contribution in [2.24, 2.45) is 0 Å². The van der Waals surface area contributed by atoms with Gasteiger partial charge in [0, 0.05) is 0 Å². The van der Waals surface area contributed by atoms with E-state index in [0.717, 1.165) is 0 Å². The average molecular weight is 461 g/mol. The van der Waals surface area contributed by atoms with Crippen molar-refractivity contribution in [2.75, 3.05) is 0 Å². The first-order valence-electron chi connectivity index (χ1n) is 10.2. The molecule has 0 aromatic carbocycles. The standard InChI is InChI=1S/2C8H18N.2C3H7.Sn/c2*1-7(2,3)9-8(4,5)6;2*1-3-2;/h2*1-6H3;2*3H,1-2H3;/q2*-1;;;+2. The first-order valence-corrected chi connectivity index (χ1v) is 16.1. The summed E-state index contributed by atoms with van der Waals surface area (Å²) in [5.41, 5.74) is 0.602. The molecule has 3 heteroatoms. The number of hydrogen-bond donors (Lipinski definition) is 0. The Hall–Kier alpha value is 0.719. The summed E-state index contributed by atoms with van der Waals surface area (Å²) in [6.45, 7) is 39.2. The molecule has 25 heavy (non-hydrogen) atoms. The maximum absolute atomic E-state index is 3.12. The summed E-state index contributed by atoms with van der Waals surface area (Å²) in [6, 6.07) is 0. The number of rotatable bonds is 4. The van der Waals surface area contributed by atoms with E-state index in [0.29, 0.717) is 7.87 Å². The van der Waals surface area contributed by atoms with E-state index in [2.05, 4.69) is 117 Å². The minimum atomic E-state index is -3.12. The van der Waals surface area contributed by atoms with Crippen molar-refractivity contribution >= 4 is 18.9 Å². The topological polar surface area (TPSA) is 6.48 Å². The van der Waals surface area contributed by atoms with E-state index in [1.54, 1.807) is 0 Å². The van der Waals surface area contributed by atoms with Crippen LogP contribution in [0.4, 0.5) is 0 Å². The van der Waals surface area contributed by atoms with Crippen LogP contribution >= 0.6 is 0 Å².